The first-order chi connectivity index (χ1) is 9.81. The maximum absolute atomic E-state index is 4.69. The van der Waals surface area contributed by atoms with Gasteiger partial charge in [0.15, 0.2) is 0 Å². The van der Waals surface area contributed by atoms with E-state index in [0.29, 0.717) is 0 Å². The predicted molar refractivity (Wildman–Crippen MR) is 89.2 cm³/mol. The Morgan fingerprint density at radius 1 is 1.20 bits per heavy atom. The summed E-state index contributed by atoms with van der Waals surface area (Å²) < 4.78 is 1.07. The molecule has 2 heterocycles. The van der Waals surface area contributed by atoms with Crippen LogP contribution in [0.15, 0.2) is 16.7 Å². The molecule has 1 saturated heterocycles. The summed E-state index contributed by atoms with van der Waals surface area (Å²) in [6.45, 7) is 6.47. The van der Waals surface area contributed by atoms with Gasteiger partial charge in [0.2, 0.25) is 0 Å². The van der Waals surface area contributed by atoms with E-state index in [2.05, 4.69) is 39.1 Å². The smallest absolute Gasteiger partial charge is 0.133 e. The van der Waals surface area contributed by atoms with E-state index in [1.807, 2.05) is 6.20 Å². The molecule has 0 aliphatic carbocycles. The molecule has 1 aromatic rings. The second kappa shape index (κ2) is 8.63. The van der Waals surface area contributed by atoms with Gasteiger partial charge in [-0.15, -0.1) is 0 Å². The van der Waals surface area contributed by atoms with Crippen molar-refractivity contribution in [1.29, 1.82) is 0 Å². The van der Waals surface area contributed by atoms with Crippen LogP contribution < -0.4 is 10.2 Å². The fourth-order valence-electron chi connectivity index (χ4n) is 2.75. The summed E-state index contributed by atoms with van der Waals surface area (Å²) in [5.74, 6) is 1.18. The van der Waals surface area contributed by atoms with E-state index < -0.39 is 0 Å². The number of anilines is 1. The molecule has 4 heteroatoms. The second-order valence-electron chi connectivity index (χ2n) is 5.57. The molecule has 1 aliphatic rings. The molecule has 0 spiro atoms. The largest absolute Gasteiger partial charge is 0.356 e. The van der Waals surface area contributed by atoms with E-state index in [4.69, 9.17) is 4.98 Å². The third kappa shape index (κ3) is 4.74. The standard InChI is InChI=1S/C16H26BrN3/c1-2-8-18-12-14-11-15(17)13-19-16(14)20-9-6-4-3-5-7-10-20/h11,13,18H,2-10,12H2,1H3. The lowest BCUT2D eigenvalue weighted by molar-refractivity contribution is 0.551. The zero-order valence-corrected chi connectivity index (χ0v) is 14.1. The number of aromatic nitrogens is 1. The molecule has 0 saturated carbocycles. The first-order valence-corrected chi connectivity index (χ1v) is 8.70. The van der Waals surface area contributed by atoms with Crippen LogP contribution in [-0.2, 0) is 6.54 Å². The number of hydrogen-bond donors (Lipinski definition) is 1. The van der Waals surface area contributed by atoms with E-state index in [-0.39, 0.29) is 0 Å². The topological polar surface area (TPSA) is 28.2 Å². The summed E-state index contributed by atoms with van der Waals surface area (Å²) in [6.07, 6.45) is 9.79. The van der Waals surface area contributed by atoms with Crippen molar-refractivity contribution in [3.8, 4) is 0 Å². The van der Waals surface area contributed by atoms with Gasteiger partial charge in [0.25, 0.3) is 0 Å². The second-order valence-corrected chi connectivity index (χ2v) is 6.48. The average Bonchev–Trinajstić information content (AvgIpc) is 2.40. The monoisotopic (exact) mass is 339 g/mol. The third-order valence-corrected chi connectivity index (χ3v) is 4.24. The van der Waals surface area contributed by atoms with Crippen LogP contribution in [0.25, 0.3) is 0 Å². The Labute approximate surface area is 131 Å². The van der Waals surface area contributed by atoms with Crippen LogP contribution in [0.1, 0.15) is 51.0 Å². The van der Waals surface area contributed by atoms with Gasteiger partial charge in [0, 0.05) is 35.9 Å². The number of nitrogens with one attached hydrogen (secondary N) is 1. The number of halogens is 1. The lowest BCUT2D eigenvalue weighted by Gasteiger charge is -2.28. The average molecular weight is 340 g/mol. The molecule has 0 amide bonds. The van der Waals surface area contributed by atoms with Gasteiger partial charge in [0.1, 0.15) is 5.82 Å². The molecule has 0 aromatic carbocycles. The molecule has 1 N–H and O–H groups in total. The van der Waals surface area contributed by atoms with Crippen molar-refractivity contribution < 1.29 is 0 Å². The first-order valence-electron chi connectivity index (χ1n) is 7.91. The number of hydrogen-bond acceptors (Lipinski definition) is 3. The zero-order chi connectivity index (χ0) is 14.2. The van der Waals surface area contributed by atoms with Gasteiger partial charge in [-0.3, -0.25) is 0 Å². The van der Waals surface area contributed by atoms with Gasteiger partial charge in [-0.25, -0.2) is 4.98 Å². The van der Waals surface area contributed by atoms with Crippen molar-refractivity contribution in [2.24, 2.45) is 0 Å². The van der Waals surface area contributed by atoms with E-state index in [0.717, 1.165) is 30.7 Å². The van der Waals surface area contributed by atoms with Gasteiger partial charge in [-0.1, -0.05) is 26.2 Å². The maximum atomic E-state index is 4.69. The molecule has 0 bridgehead atoms. The van der Waals surface area contributed by atoms with Crippen LogP contribution in [0.4, 0.5) is 5.82 Å². The molecule has 0 radical (unpaired) electrons. The third-order valence-electron chi connectivity index (χ3n) is 3.81. The summed E-state index contributed by atoms with van der Waals surface area (Å²) in [6, 6.07) is 2.21. The lowest BCUT2D eigenvalue weighted by Crippen LogP contribution is -2.29. The van der Waals surface area contributed by atoms with E-state index in [1.54, 1.807) is 0 Å². The van der Waals surface area contributed by atoms with Crippen molar-refractivity contribution in [3.05, 3.63) is 22.3 Å². The Bertz CT molecular complexity index is 401. The normalized spacial score (nSPS) is 16.8. The summed E-state index contributed by atoms with van der Waals surface area (Å²) in [4.78, 5) is 7.17. The van der Waals surface area contributed by atoms with Gasteiger partial charge < -0.3 is 10.2 Å². The minimum atomic E-state index is 0.909. The Kier molecular flexibility index (Phi) is 6.80. The molecule has 3 nitrogen and oxygen atoms in total. The van der Waals surface area contributed by atoms with Crippen LogP contribution in [0.2, 0.25) is 0 Å². The van der Waals surface area contributed by atoms with Gasteiger partial charge in [-0.2, -0.15) is 0 Å². The molecule has 2 rings (SSSR count). The van der Waals surface area contributed by atoms with Crippen LogP contribution in [0, 0.1) is 0 Å². The van der Waals surface area contributed by atoms with Gasteiger partial charge in [-0.05, 0) is 47.8 Å². The lowest BCUT2D eigenvalue weighted by atomic mass is 10.1. The van der Waals surface area contributed by atoms with Gasteiger partial charge in [0.05, 0.1) is 0 Å². The Morgan fingerprint density at radius 2 is 1.90 bits per heavy atom. The SMILES string of the molecule is CCCNCc1cc(Br)cnc1N1CCCCCCC1. The molecule has 1 aliphatic heterocycles. The van der Waals surface area contributed by atoms with Gasteiger partial charge >= 0.3 is 0 Å². The fourth-order valence-corrected chi connectivity index (χ4v) is 3.13. The molecule has 0 atom stereocenters. The van der Waals surface area contributed by atoms with Crippen molar-refractivity contribution >= 4 is 21.7 Å². The molecule has 1 fully saturated rings. The Balaban J connectivity index is 2.10. The quantitative estimate of drug-likeness (QED) is 0.818. The van der Waals surface area contributed by atoms with E-state index in [9.17, 15) is 0 Å². The Hall–Kier alpha value is -0.610. The maximum Gasteiger partial charge on any atom is 0.133 e. The summed E-state index contributed by atoms with van der Waals surface area (Å²) in [7, 11) is 0. The van der Waals surface area contributed by atoms with Crippen LogP contribution in [0.3, 0.4) is 0 Å². The van der Waals surface area contributed by atoms with E-state index in [1.165, 1.54) is 49.9 Å². The number of rotatable bonds is 5. The minimum absolute atomic E-state index is 0.909. The molecule has 112 valence electrons. The van der Waals surface area contributed by atoms with Crippen LogP contribution >= 0.6 is 15.9 Å². The summed E-state index contributed by atoms with van der Waals surface area (Å²) >= 11 is 3.55. The van der Waals surface area contributed by atoms with Crippen molar-refractivity contribution in [2.75, 3.05) is 24.5 Å². The predicted octanol–water partition coefficient (Wildman–Crippen LogP) is 4.11. The highest BCUT2D eigenvalue weighted by Gasteiger charge is 2.14. The highest BCUT2D eigenvalue weighted by Crippen LogP contribution is 2.24. The van der Waals surface area contributed by atoms with Crippen LogP contribution in [0.5, 0.6) is 0 Å². The highest BCUT2D eigenvalue weighted by molar-refractivity contribution is 9.10. The zero-order valence-electron chi connectivity index (χ0n) is 12.5. The minimum Gasteiger partial charge on any atom is -0.356 e. The summed E-state index contributed by atoms with van der Waals surface area (Å²) in [5.41, 5.74) is 1.31. The molecule has 0 unspecified atom stereocenters. The highest BCUT2D eigenvalue weighted by atomic mass is 79.9. The Morgan fingerprint density at radius 3 is 2.60 bits per heavy atom. The van der Waals surface area contributed by atoms with Crippen LogP contribution in [-0.4, -0.2) is 24.6 Å². The van der Waals surface area contributed by atoms with Crippen molar-refractivity contribution in [1.82, 2.24) is 10.3 Å². The molecule has 20 heavy (non-hydrogen) atoms. The molecular weight excluding hydrogens is 314 g/mol. The van der Waals surface area contributed by atoms with E-state index >= 15 is 0 Å². The first kappa shape index (κ1) is 15.8. The van der Waals surface area contributed by atoms with Crippen molar-refractivity contribution in [2.45, 2.75) is 52.0 Å². The number of pyridine rings is 1. The fraction of sp³-hybridized carbons (Fsp3) is 0.688. The number of nitrogens with zero attached hydrogens (tertiary/aromatic N) is 2. The summed E-state index contributed by atoms with van der Waals surface area (Å²) in [5, 5.41) is 3.50. The van der Waals surface area contributed by atoms with Crippen molar-refractivity contribution in [3.63, 3.8) is 0 Å². The molecule has 1 aromatic heterocycles. The molecular formula is C16H26BrN3.